The summed E-state index contributed by atoms with van der Waals surface area (Å²) in [6.07, 6.45) is 1.32. The maximum Gasteiger partial charge on any atom is 0.230 e. The minimum Gasteiger partial charge on any atom is -0.325 e. The van der Waals surface area contributed by atoms with Gasteiger partial charge in [0, 0.05) is 49.4 Å². The summed E-state index contributed by atoms with van der Waals surface area (Å²) >= 11 is 1.60. The molecule has 1 saturated heterocycles. The molecule has 1 unspecified atom stereocenters. The molecule has 0 spiro atoms. The lowest BCUT2D eigenvalue weighted by atomic mass is 9.97. The van der Waals surface area contributed by atoms with Crippen molar-refractivity contribution < 1.29 is 4.79 Å². The number of carbonyl (C=O) groups is 1. The summed E-state index contributed by atoms with van der Waals surface area (Å²) in [5.41, 5.74) is 5.34. The van der Waals surface area contributed by atoms with Crippen LogP contribution in [0.4, 0.5) is 5.69 Å². The van der Waals surface area contributed by atoms with Crippen LogP contribution in [0.3, 0.4) is 0 Å². The molecule has 1 aromatic heterocycles. The molecule has 4 rings (SSSR count). The lowest BCUT2D eigenvalue weighted by Gasteiger charge is -2.32. The number of rotatable bonds is 8. The zero-order valence-electron chi connectivity index (χ0n) is 19.9. The maximum atomic E-state index is 12.7. The second-order valence-electron chi connectivity index (χ2n) is 9.04. The highest BCUT2D eigenvalue weighted by atomic mass is 32.1. The molecule has 6 heteroatoms. The average molecular weight is 463 g/mol. The van der Waals surface area contributed by atoms with Crippen molar-refractivity contribution in [3.05, 3.63) is 70.7 Å². The van der Waals surface area contributed by atoms with Gasteiger partial charge in [-0.1, -0.05) is 56.3 Å². The monoisotopic (exact) mass is 462 g/mol. The highest BCUT2D eigenvalue weighted by Gasteiger charge is 2.15. The Bertz CT molecular complexity index is 1050. The second kappa shape index (κ2) is 11.1. The Balaban J connectivity index is 1.35. The van der Waals surface area contributed by atoms with Crippen LogP contribution in [0, 0.1) is 0 Å². The number of nitrogens with zero attached hydrogens (tertiary/aromatic N) is 3. The normalized spacial score (nSPS) is 16.0. The standard InChI is InChI=1S/C27H34N4OS/c1-4-20(2)24-7-5-6-8-25(24)29-26(32)17-23-19-33-27(28-23)22-11-9-21(10-12-22)18-31-15-13-30(3)14-16-31/h5-12,19-20H,4,13-18H2,1-3H3,(H,29,32). The topological polar surface area (TPSA) is 48.5 Å². The Kier molecular flexibility index (Phi) is 7.91. The summed E-state index contributed by atoms with van der Waals surface area (Å²) < 4.78 is 0. The number of anilines is 1. The molecule has 5 nitrogen and oxygen atoms in total. The summed E-state index contributed by atoms with van der Waals surface area (Å²) in [6.45, 7) is 9.87. The summed E-state index contributed by atoms with van der Waals surface area (Å²) in [5.74, 6) is 0.386. The Morgan fingerprint density at radius 3 is 2.55 bits per heavy atom. The Hall–Kier alpha value is -2.54. The highest BCUT2D eigenvalue weighted by molar-refractivity contribution is 7.13. The molecule has 1 amide bonds. The van der Waals surface area contributed by atoms with E-state index in [2.05, 4.69) is 66.3 Å². The predicted octanol–water partition coefficient (Wildman–Crippen LogP) is 5.25. The average Bonchev–Trinajstić information content (AvgIpc) is 3.29. The third-order valence-electron chi connectivity index (χ3n) is 6.47. The quantitative estimate of drug-likeness (QED) is 0.497. The molecular formula is C27H34N4OS. The minimum absolute atomic E-state index is 0.0230. The van der Waals surface area contributed by atoms with Crippen molar-refractivity contribution in [3.63, 3.8) is 0 Å². The van der Waals surface area contributed by atoms with Crippen LogP contribution in [0.5, 0.6) is 0 Å². The van der Waals surface area contributed by atoms with Gasteiger partial charge < -0.3 is 10.2 Å². The number of amides is 1. The van der Waals surface area contributed by atoms with E-state index in [-0.39, 0.29) is 12.3 Å². The van der Waals surface area contributed by atoms with Crippen LogP contribution < -0.4 is 5.32 Å². The van der Waals surface area contributed by atoms with Crippen LogP contribution in [0.25, 0.3) is 10.6 Å². The van der Waals surface area contributed by atoms with Crippen molar-refractivity contribution in [1.82, 2.24) is 14.8 Å². The molecule has 1 fully saturated rings. The van der Waals surface area contributed by atoms with Gasteiger partial charge in [-0.15, -0.1) is 11.3 Å². The van der Waals surface area contributed by atoms with E-state index >= 15 is 0 Å². The van der Waals surface area contributed by atoms with Crippen molar-refractivity contribution in [2.45, 2.75) is 39.2 Å². The molecule has 2 aromatic carbocycles. The summed E-state index contributed by atoms with van der Waals surface area (Å²) in [5, 5.41) is 6.05. The number of nitrogens with one attached hydrogen (secondary N) is 1. The van der Waals surface area contributed by atoms with E-state index in [4.69, 9.17) is 4.98 Å². The van der Waals surface area contributed by atoms with E-state index in [1.54, 1.807) is 11.3 Å². The lowest BCUT2D eigenvalue weighted by molar-refractivity contribution is -0.115. The third kappa shape index (κ3) is 6.28. The van der Waals surface area contributed by atoms with Gasteiger partial charge in [-0.25, -0.2) is 4.98 Å². The van der Waals surface area contributed by atoms with Crippen LogP contribution in [-0.2, 0) is 17.8 Å². The smallest absolute Gasteiger partial charge is 0.230 e. The number of hydrogen-bond donors (Lipinski definition) is 1. The molecular weight excluding hydrogens is 428 g/mol. The van der Waals surface area contributed by atoms with E-state index in [0.29, 0.717) is 5.92 Å². The molecule has 174 valence electrons. The summed E-state index contributed by atoms with van der Waals surface area (Å²) in [4.78, 5) is 22.3. The lowest BCUT2D eigenvalue weighted by Crippen LogP contribution is -2.43. The SMILES string of the molecule is CCC(C)c1ccccc1NC(=O)Cc1csc(-c2ccc(CN3CCN(C)CC3)cc2)n1. The fourth-order valence-corrected chi connectivity index (χ4v) is 4.98. The molecule has 1 aliphatic rings. The molecule has 1 atom stereocenters. The first-order valence-corrected chi connectivity index (χ1v) is 12.7. The molecule has 0 aliphatic carbocycles. The molecule has 2 heterocycles. The van der Waals surface area contributed by atoms with Gasteiger partial charge in [0.1, 0.15) is 5.01 Å². The fourth-order valence-electron chi connectivity index (χ4n) is 4.16. The third-order valence-corrected chi connectivity index (χ3v) is 7.41. The van der Waals surface area contributed by atoms with Crippen molar-refractivity contribution in [3.8, 4) is 10.6 Å². The van der Waals surface area contributed by atoms with Crippen LogP contribution in [0.15, 0.2) is 53.9 Å². The van der Waals surface area contributed by atoms with Crippen molar-refractivity contribution in [2.75, 3.05) is 38.5 Å². The second-order valence-corrected chi connectivity index (χ2v) is 9.90. The van der Waals surface area contributed by atoms with Crippen molar-refractivity contribution in [2.24, 2.45) is 0 Å². The van der Waals surface area contributed by atoms with Gasteiger partial charge in [0.15, 0.2) is 0 Å². The summed E-state index contributed by atoms with van der Waals surface area (Å²) in [7, 11) is 2.18. The number of hydrogen-bond acceptors (Lipinski definition) is 5. The molecule has 0 radical (unpaired) electrons. The number of thiazole rings is 1. The minimum atomic E-state index is -0.0230. The largest absolute Gasteiger partial charge is 0.325 e. The van der Waals surface area contributed by atoms with E-state index in [0.717, 1.165) is 61.1 Å². The van der Waals surface area contributed by atoms with Gasteiger partial charge in [0.25, 0.3) is 0 Å². The first-order chi connectivity index (χ1) is 16.0. The zero-order valence-corrected chi connectivity index (χ0v) is 20.7. The van der Waals surface area contributed by atoms with Gasteiger partial charge in [0.2, 0.25) is 5.91 Å². The van der Waals surface area contributed by atoms with Gasteiger partial charge in [0.05, 0.1) is 12.1 Å². The Morgan fingerprint density at radius 1 is 1.09 bits per heavy atom. The Morgan fingerprint density at radius 2 is 1.82 bits per heavy atom. The number of likely N-dealkylation sites (N-methyl/N-ethyl adjacent to an activating group) is 1. The van der Waals surface area contributed by atoms with E-state index in [1.165, 1.54) is 11.1 Å². The van der Waals surface area contributed by atoms with Gasteiger partial charge >= 0.3 is 0 Å². The van der Waals surface area contributed by atoms with Crippen LogP contribution in [-0.4, -0.2) is 53.9 Å². The zero-order chi connectivity index (χ0) is 23.2. The van der Waals surface area contributed by atoms with Crippen LogP contribution in [0.2, 0.25) is 0 Å². The van der Waals surface area contributed by atoms with Crippen LogP contribution in [0.1, 0.15) is 43.0 Å². The molecule has 33 heavy (non-hydrogen) atoms. The molecule has 1 aliphatic heterocycles. The van der Waals surface area contributed by atoms with Gasteiger partial charge in [-0.2, -0.15) is 0 Å². The maximum absolute atomic E-state index is 12.7. The number of para-hydroxylation sites is 1. The fraction of sp³-hybridized carbons (Fsp3) is 0.407. The van der Waals surface area contributed by atoms with E-state index < -0.39 is 0 Å². The molecule has 0 saturated carbocycles. The number of aromatic nitrogens is 1. The first kappa shape index (κ1) is 23.6. The molecule has 3 aromatic rings. The number of piperazine rings is 1. The van der Waals surface area contributed by atoms with Crippen LogP contribution >= 0.6 is 11.3 Å². The van der Waals surface area contributed by atoms with Gasteiger partial charge in [-0.05, 0) is 36.6 Å². The predicted molar refractivity (Wildman–Crippen MR) is 138 cm³/mol. The van der Waals surface area contributed by atoms with Crippen molar-refractivity contribution in [1.29, 1.82) is 0 Å². The number of benzene rings is 2. The number of carbonyl (C=O) groups excluding carboxylic acids is 1. The van der Waals surface area contributed by atoms with E-state index in [9.17, 15) is 4.79 Å². The molecule has 1 N–H and O–H groups in total. The molecule has 0 bridgehead atoms. The summed E-state index contributed by atoms with van der Waals surface area (Å²) in [6, 6.07) is 16.8. The Labute approximate surface area is 201 Å². The highest BCUT2D eigenvalue weighted by Crippen LogP contribution is 2.27. The van der Waals surface area contributed by atoms with Gasteiger partial charge in [-0.3, -0.25) is 9.69 Å². The first-order valence-electron chi connectivity index (χ1n) is 11.8. The van der Waals surface area contributed by atoms with Crippen molar-refractivity contribution >= 4 is 22.9 Å². The van der Waals surface area contributed by atoms with E-state index in [1.807, 2.05) is 23.6 Å².